The SMILES string of the molecule is Cc1ccccc1-c1cc2c(N3CCOCC3)nc(-n3cccn3)nc2cc1F. The highest BCUT2D eigenvalue weighted by molar-refractivity contribution is 5.94. The summed E-state index contributed by atoms with van der Waals surface area (Å²) in [6, 6.07) is 13.0. The molecule has 0 atom stereocenters. The number of rotatable bonds is 3. The number of nitrogens with zero attached hydrogens (tertiary/aromatic N) is 5. The van der Waals surface area contributed by atoms with Crippen LogP contribution in [0.2, 0.25) is 0 Å². The maximum Gasteiger partial charge on any atom is 0.253 e. The number of fused-ring (bicyclic) bond motifs is 1. The Morgan fingerprint density at radius 1 is 1.00 bits per heavy atom. The minimum absolute atomic E-state index is 0.301. The molecular formula is C22H20FN5O. The van der Waals surface area contributed by atoms with Crippen LogP contribution in [0.4, 0.5) is 10.2 Å². The molecule has 29 heavy (non-hydrogen) atoms. The summed E-state index contributed by atoms with van der Waals surface area (Å²) in [5, 5.41) is 5.06. The fourth-order valence-corrected chi connectivity index (χ4v) is 3.71. The molecule has 146 valence electrons. The normalized spacial score (nSPS) is 14.5. The average Bonchev–Trinajstić information content (AvgIpc) is 3.29. The third-order valence-electron chi connectivity index (χ3n) is 5.21. The van der Waals surface area contributed by atoms with E-state index in [9.17, 15) is 0 Å². The summed E-state index contributed by atoms with van der Waals surface area (Å²) in [5.41, 5.74) is 3.01. The van der Waals surface area contributed by atoms with Gasteiger partial charge in [-0.1, -0.05) is 24.3 Å². The Hall–Kier alpha value is -3.32. The molecule has 0 amide bonds. The van der Waals surface area contributed by atoms with Gasteiger partial charge < -0.3 is 9.64 Å². The van der Waals surface area contributed by atoms with Gasteiger partial charge in [0.2, 0.25) is 0 Å². The molecule has 2 aromatic carbocycles. The first-order valence-electron chi connectivity index (χ1n) is 9.61. The van der Waals surface area contributed by atoms with Gasteiger partial charge in [-0.05, 0) is 30.2 Å². The van der Waals surface area contributed by atoms with E-state index in [2.05, 4.69) is 15.0 Å². The zero-order chi connectivity index (χ0) is 19.8. The van der Waals surface area contributed by atoms with Crippen LogP contribution in [0.3, 0.4) is 0 Å². The summed E-state index contributed by atoms with van der Waals surface area (Å²) < 4.78 is 22.2. The lowest BCUT2D eigenvalue weighted by Crippen LogP contribution is -2.37. The second-order valence-electron chi connectivity index (χ2n) is 7.06. The number of anilines is 1. The van der Waals surface area contributed by atoms with Gasteiger partial charge >= 0.3 is 0 Å². The van der Waals surface area contributed by atoms with Crippen molar-refractivity contribution in [3.05, 3.63) is 66.2 Å². The largest absolute Gasteiger partial charge is 0.378 e. The monoisotopic (exact) mass is 389 g/mol. The van der Waals surface area contributed by atoms with Gasteiger partial charge in [-0.15, -0.1) is 0 Å². The van der Waals surface area contributed by atoms with Gasteiger partial charge in [0.1, 0.15) is 11.6 Å². The van der Waals surface area contributed by atoms with Gasteiger partial charge in [0.15, 0.2) is 0 Å². The maximum absolute atomic E-state index is 15.1. The first kappa shape index (κ1) is 17.8. The molecule has 1 aliphatic heterocycles. The second-order valence-corrected chi connectivity index (χ2v) is 7.06. The molecule has 3 heterocycles. The summed E-state index contributed by atoms with van der Waals surface area (Å²) in [6.07, 6.45) is 3.45. The predicted molar refractivity (Wildman–Crippen MR) is 110 cm³/mol. The summed E-state index contributed by atoms with van der Waals surface area (Å²) >= 11 is 0. The van der Waals surface area contributed by atoms with Gasteiger partial charge in [-0.25, -0.2) is 14.1 Å². The van der Waals surface area contributed by atoms with E-state index in [1.165, 1.54) is 6.07 Å². The molecule has 0 radical (unpaired) electrons. The fraction of sp³-hybridized carbons (Fsp3) is 0.227. The van der Waals surface area contributed by atoms with Crippen molar-refractivity contribution in [2.24, 2.45) is 0 Å². The Balaban J connectivity index is 1.75. The highest BCUT2D eigenvalue weighted by Gasteiger charge is 2.20. The lowest BCUT2D eigenvalue weighted by Gasteiger charge is -2.29. The van der Waals surface area contributed by atoms with Crippen LogP contribution in [-0.4, -0.2) is 46.1 Å². The molecular weight excluding hydrogens is 369 g/mol. The highest BCUT2D eigenvalue weighted by atomic mass is 19.1. The maximum atomic E-state index is 15.1. The molecule has 1 fully saturated rings. The molecule has 7 heteroatoms. The minimum Gasteiger partial charge on any atom is -0.378 e. The molecule has 5 rings (SSSR count). The Morgan fingerprint density at radius 3 is 2.59 bits per heavy atom. The number of hydrogen-bond donors (Lipinski definition) is 0. The Kier molecular flexibility index (Phi) is 4.44. The molecule has 1 aliphatic rings. The van der Waals surface area contributed by atoms with Crippen LogP contribution >= 0.6 is 0 Å². The van der Waals surface area contributed by atoms with Crippen molar-refractivity contribution in [2.45, 2.75) is 6.92 Å². The van der Waals surface area contributed by atoms with E-state index in [0.29, 0.717) is 30.2 Å². The van der Waals surface area contributed by atoms with E-state index in [1.807, 2.05) is 43.3 Å². The molecule has 0 aliphatic carbocycles. The smallest absolute Gasteiger partial charge is 0.253 e. The number of aromatic nitrogens is 4. The number of hydrogen-bond acceptors (Lipinski definition) is 5. The van der Waals surface area contributed by atoms with Gasteiger partial charge in [0, 0.05) is 42.5 Å². The third-order valence-corrected chi connectivity index (χ3v) is 5.21. The summed E-state index contributed by atoms with van der Waals surface area (Å²) in [7, 11) is 0. The first-order valence-corrected chi connectivity index (χ1v) is 9.61. The number of benzene rings is 2. The van der Waals surface area contributed by atoms with Crippen LogP contribution in [0.5, 0.6) is 0 Å². The minimum atomic E-state index is -0.301. The topological polar surface area (TPSA) is 56.1 Å². The van der Waals surface area contributed by atoms with Crippen LogP contribution in [0.15, 0.2) is 54.9 Å². The lowest BCUT2D eigenvalue weighted by atomic mass is 9.98. The lowest BCUT2D eigenvalue weighted by molar-refractivity contribution is 0.122. The van der Waals surface area contributed by atoms with Crippen LogP contribution < -0.4 is 4.90 Å². The molecule has 0 bridgehead atoms. The molecule has 1 saturated heterocycles. The van der Waals surface area contributed by atoms with Crippen LogP contribution in [0.25, 0.3) is 28.0 Å². The molecule has 0 unspecified atom stereocenters. The number of aryl methyl sites for hydroxylation is 1. The number of ether oxygens (including phenoxy) is 1. The third kappa shape index (κ3) is 3.23. The summed E-state index contributed by atoms with van der Waals surface area (Å²) in [4.78, 5) is 11.5. The van der Waals surface area contributed by atoms with Gasteiger partial charge in [0.25, 0.3) is 5.95 Å². The quantitative estimate of drug-likeness (QED) is 0.534. The van der Waals surface area contributed by atoms with E-state index in [1.54, 1.807) is 17.1 Å². The van der Waals surface area contributed by atoms with Crippen LogP contribution in [-0.2, 0) is 4.74 Å². The predicted octanol–water partition coefficient (Wildman–Crippen LogP) is 3.77. The summed E-state index contributed by atoms with van der Waals surface area (Å²) in [5.74, 6) is 0.899. The van der Waals surface area contributed by atoms with E-state index < -0.39 is 0 Å². The van der Waals surface area contributed by atoms with Crippen molar-refractivity contribution in [1.29, 1.82) is 0 Å². The van der Waals surface area contributed by atoms with E-state index in [4.69, 9.17) is 9.72 Å². The molecule has 4 aromatic rings. The Labute approximate surface area is 167 Å². The average molecular weight is 389 g/mol. The molecule has 0 N–H and O–H groups in total. The molecule has 0 saturated carbocycles. The van der Waals surface area contributed by atoms with Gasteiger partial charge in [-0.3, -0.25) is 0 Å². The van der Waals surface area contributed by atoms with E-state index >= 15 is 4.39 Å². The van der Waals surface area contributed by atoms with Crippen LogP contribution in [0.1, 0.15) is 5.56 Å². The second kappa shape index (κ2) is 7.25. The molecule has 0 spiro atoms. The fourth-order valence-electron chi connectivity index (χ4n) is 3.71. The van der Waals surface area contributed by atoms with Crippen molar-refractivity contribution in [1.82, 2.24) is 19.7 Å². The van der Waals surface area contributed by atoms with E-state index in [0.717, 1.165) is 35.4 Å². The molecule has 2 aromatic heterocycles. The van der Waals surface area contributed by atoms with Crippen molar-refractivity contribution in [3.63, 3.8) is 0 Å². The zero-order valence-electron chi connectivity index (χ0n) is 16.0. The van der Waals surface area contributed by atoms with Gasteiger partial charge in [0.05, 0.1) is 18.7 Å². The standard InChI is InChI=1S/C22H20FN5O/c1-15-5-2-3-6-16(15)17-13-18-20(14-19(17)23)25-22(28-8-4-7-24-28)26-21(18)27-9-11-29-12-10-27/h2-8,13-14H,9-12H2,1H3. The van der Waals surface area contributed by atoms with Crippen molar-refractivity contribution >= 4 is 16.7 Å². The van der Waals surface area contributed by atoms with E-state index in [-0.39, 0.29) is 5.82 Å². The Morgan fingerprint density at radius 2 is 1.83 bits per heavy atom. The first-order chi connectivity index (χ1) is 14.2. The Bertz CT molecular complexity index is 1170. The van der Waals surface area contributed by atoms with Crippen molar-refractivity contribution < 1.29 is 9.13 Å². The van der Waals surface area contributed by atoms with Gasteiger partial charge in [-0.2, -0.15) is 10.1 Å². The molecule has 6 nitrogen and oxygen atoms in total. The number of morpholine rings is 1. The zero-order valence-corrected chi connectivity index (χ0v) is 16.0. The highest BCUT2D eigenvalue weighted by Crippen LogP contribution is 2.33. The number of halogens is 1. The summed E-state index contributed by atoms with van der Waals surface area (Å²) in [6.45, 7) is 4.70. The van der Waals surface area contributed by atoms with Crippen molar-refractivity contribution in [2.75, 3.05) is 31.2 Å². The van der Waals surface area contributed by atoms with Crippen LogP contribution in [0, 0.1) is 12.7 Å². The van der Waals surface area contributed by atoms with Crippen molar-refractivity contribution in [3.8, 4) is 17.1 Å².